The molecule has 1 unspecified atom stereocenters. The Balaban J connectivity index is 1.37. The molecule has 45 heavy (non-hydrogen) atoms. The van der Waals surface area contributed by atoms with E-state index in [4.69, 9.17) is 16.1 Å². The highest BCUT2D eigenvalue weighted by Gasteiger charge is 2.49. The maximum Gasteiger partial charge on any atom is 0.319 e. The van der Waals surface area contributed by atoms with Crippen LogP contribution in [0.4, 0.5) is 23.4 Å². The van der Waals surface area contributed by atoms with Gasteiger partial charge in [-0.2, -0.15) is 9.97 Å². The number of hydrogen-bond acceptors (Lipinski definition) is 8. The lowest BCUT2D eigenvalue weighted by atomic mass is 9.95. The van der Waals surface area contributed by atoms with E-state index in [0.717, 1.165) is 19.4 Å². The third kappa shape index (κ3) is 5.17. The van der Waals surface area contributed by atoms with Crippen LogP contribution >= 0.6 is 0 Å². The van der Waals surface area contributed by atoms with E-state index in [9.17, 15) is 18.3 Å². The standard InChI is InChI=1S/C33H32F4N6O2/c1-2-23-26(36)5-4-19-12-22(44)13-24(27(19)23)29-28(37)30-25(15-39-29)31(42-11-9-38-21(17-42)6-8-34)41-32(40-30)45-18-33-7-3-10-43(33)16-20(35)14-33/h1,4-5,12-13,15,20-21,38,44H,3,6-11,14,16-18H2/t20-,21?,33+/m1/s1. The van der Waals surface area contributed by atoms with Gasteiger partial charge in [-0.05, 0) is 49.4 Å². The fourth-order valence-corrected chi connectivity index (χ4v) is 7.26. The third-order valence-corrected chi connectivity index (χ3v) is 9.34. The number of terminal acetylenes is 1. The lowest BCUT2D eigenvalue weighted by Gasteiger charge is -2.35. The van der Waals surface area contributed by atoms with Crippen molar-refractivity contribution in [3.8, 4) is 35.4 Å². The highest BCUT2D eigenvalue weighted by molar-refractivity contribution is 6.03. The summed E-state index contributed by atoms with van der Waals surface area (Å²) in [4.78, 5) is 17.6. The zero-order valence-electron chi connectivity index (χ0n) is 24.5. The van der Waals surface area contributed by atoms with Gasteiger partial charge in [-0.15, -0.1) is 6.42 Å². The highest BCUT2D eigenvalue weighted by Crippen LogP contribution is 2.41. The van der Waals surface area contributed by atoms with Crippen LogP contribution < -0.4 is 15.0 Å². The van der Waals surface area contributed by atoms with Crippen LogP contribution in [0.25, 0.3) is 32.9 Å². The summed E-state index contributed by atoms with van der Waals surface area (Å²) in [6, 6.07) is 5.13. The molecule has 0 bridgehead atoms. The van der Waals surface area contributed by atoms with Crippen molar-refractivity contribution in [1.29, 1.82) is 0 Å². The number of hydrogen-bond donors (Lipinski definition) is 2. The fourth-order valence-electron chi connectivity index (χ4n) is 7.26. The summed E-state index contributed by atoms with van der Waals surface area (Å²) in [5.74, 6) is 1.05. The van der Waals surface area contributed by atoms with Gasteiger partial charge in [0.15, 0.2) is 5.82 Å². The molecule has 4 aromatic rings. The number of phenolic OH excluding ortho intramolecular Hbond substituents is 1. The number of aromatic nitrogens is 3. The van der Waals surface area contributed by atoms with E-state index in [0.29, 0.717) is 55.6 Å². The summed E-state index contributed by atoms with van der Waals surface area (Å²) >= 11 is 0. The van der Waals surface area contributed by atoms with Crippen LogP contribution in [0.15, 0.2) is 30.5 Å². The first-order valence-corrected chi connectivity index (χ1v) is 15.1. The molecule has 5 heterocycles. The molecule has 0 amide bonds. The topological polar surface area (TPSA) is 86.6 Å². The first kappa shape index (κ1) is 29.5. The molecule has 2 aromatic carbocycles. The SMILES string of the molecule is C#Cc1c(F)ccc2cc(O)cc(-c3ncc4c(N5CCNC(CCF)C5)nc(OC[C@@]56CCCN5C[C@H](F)C6)nc4c3F)c12. The molecule has 12 heteroatoms. The molecular formula is C33H32F4N6O2. The molecule has 0 spiro atoms. The van der Waals surface area contributed by atoms with Crippen LogP contribution in [0, 0.1) is 24.0 Å². The van der Waals surface area contributed by atoms with Crippen molar-refractivity contribution in [2.45, 2.75) is 43.4 Å². The van der Waals surface area contributed by atoms with Crippen molar-refractivity contribution in [1.82, 2.24) is 25.2 Å². The van der Waals surface area contributed by atoms with E-state index in [1.807, 2.05) is 4.90 Å². The minimum atomic E-state index is -0.948. The second-order valence-electron chi connectivity index (χ2n) is 12.1. The largest absolute Gasteiger partial charge is 0.508 e. The van der Waals surface area contributed by atoms with Gasteiger partial charge in [0.25, 0.3) is 0 Å². The summed E-state index contributed by atoms with van der Waals surface area (Å²) in [6.07, 6.45) is 8.49. The van der Waals surface area contributed by atoms with Gasteiger partial charge in [0, 0.05) is 55.8 Å². The highest BCUT2D eigenvalue weighted by atomic mass is 19.1. The lowest BCUT2D eigenvalue weighted by Crippen LogP contribution is -2.51. The van der Waals surface area contributed by atoms with Crippen LogP contribution in [-0.2, 0) is 0 Å². The molecule has 3 fully saturated rings. The maximum absolute atomic E-state index is 16.7. The third-order valence-electron chi connectivity index (χ3n) is 9.34. The number of phenols is 1. The van der Waals surface area contributed by atoms with Gasteiger partial charge in [-0.3, -0.25) is 14.3 Å². The Kier molecular flexibility index (Phi) is 7.61. The predicted molar refractivity (Wildman–Crippen MR) is 163 cm³/mol. The van der Waals surface area contributed by atoms with E-state index < -0.39 is 30.0 Å². The van der Waals surface area contributed by atoms with E-state index in [2.05, 4.69) is 26.1 Å². The van der Waals surface area contributed by atoms with E-state index in [1.54, 1.807) is 0 Å². The van der Waals surface area contributed by atoms with Gasteiger partial charge in [0.05, 0.1) is 23.2 Å². The van der Waals surface area contributed by atoms with Crippen molar-refractivity contribution in [2.75, 3.05) is 50.9 Å². The van der Waals surface area contributed by atoms with Crippen molar-refractivity contribution < 1.29 is 27.4 Å². The second kappa shape index (κ2) is 11.6. The average Bonchev–Trinajstić information content (AvgIpc) is 3.56. The molecule has 0 aliphatic carbocycles. The van der Waals surface area contributed by atoms with E-state index >= 15 is 4.39 Å². The number of alkyl halides is 2. The quantitative estimate of drug-likeness (QED) is 0.223. The number of nitrogens with one attached hydrogen (secondary N) is 1. The van der Waals surface area contributed by atoms with Gasteiger partial charge in [0.1, 0.15) is 41.4 Å². The Morgan fingerprint density at radius 2 is 2.04 bits per heavy atom. The van der Waals surface area contributed by atoms with Crippen LogP contribution in [0.3, 0.4) is 0 Å². The van der Waals surface area contributed by atoms with E-state index in [1.165, 1.54) is 30.5 Å². The van der Waals surface area contributed by atoms with Crippen molar-refractivity contribution in [3.63, 3.8) is 0 Å². The summed E-state index contributed by atoms with van der Waals surface area (Å²) < 4.78 is 65.3. The monoisotopic (exact) mass is 620 g/mol. The summed E-state index contributed by atoms with van der Waals surface area (Å²) in [5, 5.41) is 14.7. The summed E-state index contributed by atoms with van der Waals surface area (Å²) in [5.41, 5.74) is -0.735. The number of halogens is 4. The number of piperazine rings is 1. The maximum atomic E-state index is 16.7. The van der Waals surface area contributed by atoms with Gasteiger partial charge in [-0.1, -0.05) is 12.0 Å². The van der Waals surface area contributed by atoms with Gasteiger partial charge in [0.2, 0.25) is 0 Å². The first-order valence-electron chi connectivity index (χ1n) is 15.1. The number of anilines is 1. The van der Waals surface area contributed by atoms with E-state index in [-0.39, 0.29) is 52.1 Å². The second-order valence-corrected chi connectivity index (χ2v) is 12.1. The number of benzene rings is 2. The van der Waals surface area contributed by atoms with Crippen LogP contribution in [0.1, 0.15) is 31.2 Å². The number of nitrogens with zero attached hydrogens (tertiary/aromatic N) is 5. The van der Waals surface area contributed by atoms with Crippen molar-refractivity contribution in [2.24, 2.45) is 0 Å². The Labute approximate surface area is 257 Å². The van der Waals surface area contributed by atoms with Gasteiger partial charge in [-0.25, -0.2) is 13.2 Å². The summed E-state index contributed by atoms with van der Waals surface area (Å²) in [7, 11) is 0. The van der Waals surface area contributed by atoms with Gasteiger partial charge < -0.3 is 20.1 Å². The molecule has 3 aliphatic rings. The Bertz CT molecular complexity index is 1830. The Hall–Kier alpha value is -4.21. The normalized spacial score (nSPS) is 23.5. The number of aromatic hydroxyl groups is 1. The summed E-state index contributed by atoms with van der Waals surface area (Å²) in [6.45, 7) is 2.29. The molecule has 0 radical (unpaired) electrons. The molecule has 234 valence electrons. The van der Waals surface area contributed by atoms with Crippen molar-refractivity contribution >= 4 is 27.5 Å². The minimum Gasteiger partial charge on any atom is -0.508 e. The van der Waals surface area contributed by atoms with Gasteiger partial charge >= 0.3 is 6.01 Å². The van der Waals surface area contributed by atoms with Crippen LogP contribution in [-0.4, -0.2) is 88.7 Å². The molecule has 2 aromatic heterocycles. The minimum absolute atomic E-state index is 0.0752. The molecule has 2 N–H and O–H groups in total. The molecule has 0 saturated carbocycles. The molecule has 3 aliphatic heterocycles. The smallest absolute Gasteiger partial charge is 0.319 e. The number of fused-ring (bicyclic) bond motifs is 3. The number of pyridine rings is 1. The lowest BCUT2D eigenvalue weighted by molar-refractivity contribution is 0.107. The molecular weight excluding hydrogens is 588 g/mol. The zero-order chi connectivity index (χ0) is 31.3. The average molecular weight is 621 g/mol. The van der Waals surface area contributed by atoms with Crippen LogP contribution in [0.5, 0.6) is 11.8 Å². The Morgan fingerprint density at radius 1 is 1.18 bits per heavy atom. The fraction of sp³-hybridized carbons (Fsp3) is 0.424. The first-order chi connectivity index (χ1) is 21.8. The Morgan fingerprint density at radius 3 is 2.87 bits per heavy atom. The molecule has 3 saturated heterocycles. The van der Waals surface area contributed by atoms with Crippen molar-refractivity contribution in [3.05, 3.63) is 47.7 Å². The number of rotatable bonds is 7. The number of ether oxygens (including phenoxy) is 1. The molecule has 3 atom stereocenters. The predicted octanol–water partition coefficient (Wildman–Crippen LogP) is 4.90. The molecule has 8 nitrogen and oxygen atoms in total. The van der Waals surface area contributed by atoms with Crippen LogP contribution in [0.2, 0.25) is 0 Å². The zero-order valence-corrected chi connectivity index (χ0v) is 24.5. The molecule has 7 rings (SSSR count).